The molecule has 4 aromatic rings. The highest BCUT2D eigenvalue weighted by Crippen LogP contribution is 2.26. The minimum absolute atomic E-state index is 0.188. The zero-order chi connectivity index (χ0) is 19.7. The van der Waals surface area contributed by atoms with E-state index in [0.29, 0.717) is 18.0 Å². The van der Waals surface area contributed by atoms with Gasteiger partial charge in [-0.3, -0.25) is 10.4 Å². The van der Waals surface area contributed by atoms with Gasteiger partial charge in [0.05, 0.1) is 17.6 Å². The maximum atomic E-state index is 8.67. The number of aromatic amines is 1. The van der Waals surface area contributed by atoms with Gasteiger partial charge in [-0.1, -0.05) is 12.1 Å². The first-order chi connectivity index (χ1) is 13.6. The number of aryl methyl sites for hydroxylation is 1. The summed E-state index contributed by atoms with van der Waals surface area (Å²) in [7, 11) is 1.65. The molecule has 0 aliphatic carbocycles. The van der Waals surface area contributed by atoms with Crippen LogP contribution in [0.2, 0.25) is 0 Å². The van der Waals surface area contributed by atoms with Gasteiger partial charge in [0.15, 0.2) is 5.82 Å². The second-order valence-electron chi connectivity index (χ2n) is 6.55. The van der Waals surface area contributed by atoms with Crippen LogP contribution in [0.15, 0.2) is 48.9 Å². The topological polar surface area (TPSA) is 114 Å². The van der Waals surface area contributed by atoms with Crippen LogP contribution in [0.1, 0.15) is 22.5 Å². The number of fused-ring (bicyclic) bond motifs is 1. The van der Waals surface area contributed by atoms with E-state index in [9.17, 15) is 0 Å². The Kier molecular flexibility index (Phi) is 4.58. The number of anilines is 1. The van der Waals surface area contributed by atoms with Gasteiger partial charge < -0.3 is 15.5 Å². The number of imidazole rings is 1. The van der Waals surface area contributed by atoms with Crippen LogP contribution in [0.4, 0.5) is 5.82 Å². The molecule has 1 aromatic carbocycles. The summed E-state index contributed by atoms with van der Waals surface area (Å²) in [5, 5.41) is 8.67. The van der Waals surface area contributed by atoms with Crippen LogP contribution in [0.25, 0.3) is 22.2 Å². The molecule has 140 valence electrons. The van der Waals surface area contributed by atoms with Crippen LogP contribution in [0, 0.1) is 12.3 Å². The third kappa shape index (κ3) is 3.12. The SMILES string of the molecule is COCc1cccc2[nH]c(C(=N)c3cc(-c4cnccc4C)cnc3N)nc12. The molecule has 0 bridgehead atoms. The molecule has 0 aliphatic rings. The van der Waals surface area contributed by atoms with Crippen LogP contribution < -0.4 is 5.73 Å². The van der Waals surface area contributed by atoms with Gasteiger partial charge in [-0.2, -0.15) is 0 Å². The fraction of sp³-hybridized carbons (Fsp3) is 0.143. The van der Waals surface area contributed by atoms with E-state index in [-0.39, 0.29) is 11.5 Å². The Hall–Kier alpha value is -3.58. The second kappa shape index (κ2) is 7.21. The predicted molar refractivity (Wildman–Crippen MR) is 109 cm³/mol. The molecule has 3 aromatic heterocycles. The van der Waals surface area contributed by atoms with Crippen LogP contribution >= 0.6 is 0 Å². The highest BCUT2D eigenvalue weighted by Gasteiger charge is 2.17. The number of nitrogen functional groups attached to an aromatic ring is 1. The maximum absolute atomic E-state index is 8.67. The van der Waals surface area contributed by atoms with E-state index in [1.165, 1.54) is 0 Å². The van der Waals surface area contributed by atoms with E-state index >= 15 is 0 Å². The first-order valence-corrected chi connectivity index (χ1v) is 8.81. The van der Waals surface area contributed by atoms with Gasteiger partial charge in [-0.05, 0) is 30.7 Å². The summed E-state index contributed by atoms with van der Waals surface area (Å²) in [5.41, 5.74) is 12.3. The molecule has 7 heteroatoms. The molecule has 7 nitrogen and oxygen atoms in total. The number of aromatic nitrogens is 4. The van der Waals surface area contributed by atoms with Gasteiger partial charge in [-0.25, -0.2) is 9.97 Å². The number of methoxy groups -OCH3 is 1. The van der Waals surface area contributed by atoms with Crippen LogP contribution in [-0.4, -0.2) is 32.8 Å². The van der Waals surface area contributed by atoms with Gasteiger partial charge >= 0.3 is 0 Å². The van der Waals surface area contributed by atoms with Crippen molar-refractivity contribution in [2.24, 2.45) is 0 Å². The van der Waals surface area contributed by atoms with Gasteiger partial charge in [0.2, 0.25) is 0 Å². The quantitative estimate of drug-likeness (QED) is 0.464. The first kappa shape index (κ1) is 17.8. The molecular formula is C21H20N6O. The highest BCUT2D eigenvalue weighted by atomic mass is 16.5. The lowest BCUT2D eigenvalue weighted by molar-refractivity contribution is 0.186. The summed E-state index contributed by atoms with van der Waals surface area (Å²) in [4.78, 5) is 16.3. The lowest BCUT2D eigenvalue weighted by Gasteiger charge is -2.09. The minimum atomic E-state index is 0.188. The van der Waals surface area contributed by atoms with E-state index in [0.717, 1.165) is 33.3 Å². The number of hydrogen-bond donors (Lipinski definition) is 3. The Morgan fingerprint density at radius 2 is 2.11 bits per heavy atom. The van der Waals surface area contributed by atoms with Crippen molar-refractivity contribution < 1.29 is 4.74 Å². The van der Waals surface area contributed by atoms with Gasteiger partial charge in [0.1, 0.15) is 11.5 Å². The zero-order valence-electron chi connectivity index (χ0n) is 15.7. The van der Waals surface area contributed by atoms with Crippen molar-refractivity contribution in [2.75, 3.05) is 12.8 Å². The standard InChI is InChI=1S/C21H20N6O/c1-12-6-7-24-10-16(12)14-8-15(20(23)25-9-14)18(22)21-26-17-5-3-4-13(11-28-2)19(17)27-21/h3-10,22H,11H2,1-2H3,(H2,23,25)(H,26,27). The number of hydrogen-bond acceptors (Lipinski definition) is 6. The minimum Gasteiger partial charge on any atom is -0.383 e. The van der Waals surface area contributed by atoms with Crippen molar-refractivity contribution in [3.8, 4) is 11.1 Å². The molecule has 28 heavy (non-hydrogen) atoms. The zero-order valence-corrected chi connectivity index (χ0v) is 15.7. The summed E-state index contributed by atoms with van der Waals surface area (Å²) in [6.07, 6.45) is 5.23. The van der Waals surface area contributed by atoms with E-state index in [1.54, 1.807) is 25.7 Å². The molecule has 0 saturated heterocycles. The van der Waals surface area contributed by atoms with Crippen LogP contribution in [0.5, 0.6) is 0 Å². The smallest absolute Gasteiger partial charge is 0.157 e. The van der Waals surface area contributed by atoms with Crippen LogP contribution in [-0.2, 0) is 11.3 Å². The van der Waals surface area contributed by atoms with Crippen molar-refractivity contribution in [3.63, 3.8) is 0 Å². The Labute approximate surface area is 162 Å². The largest absolute Gasteiger partial charge is 0.383 e. The Morgan fingerprint density at radius 1 is 1.25 bits per heavy atom. The summed E-state index contributed by atoms with van der Waals surface area (Å²) < 4.78 is 5.24. The lowest BCUT2D eigenvalue weighted by Crippen LogP contribution is -2.09. The molecule has 4 rings (SSSR count). The Balaban J connectivity index is 1.78. The normalized spacial score (nSPS) is 11.1. The molecule has 4 N–H and O–H groups in total. The van der Waals surface area contributed by atoms with Crippen LogP contribution in [0.3, 0.4) is 0 Å². The summed E-state index contributed by atoms with van der Waals surface area (Å²) >= 11 is 0. The molecule has 0 amide bonds. The second-order valence-corrected chi connectivity index (χ2v) is 6.55. The number of ether oxygens (including phenoxy) is 1. The molecule has 0 radical (unpaired) electrons. The van der Waals surface area contributed by atoms with E-state index in [4.69, 9.17) is 15.9 Å². The third-order valence-electron chi connectivity index (χ3n) is 4.67. The maximum Gasteiger partial charge on any atom is 0.157 e. The predicted octanol–water partition coefficient (Wildman–Crippen LogP) is 3.47. The molecule has 0 aliphatic heterocycles. The average molecular weight is 372 g/mol. The van der Waals surface area contributed by atoms with Crippen molar-refractivity contribution in [1.82, 2.24) is 19.9 Å². The number of H-pyrrole nitrogens is 1. The van der Waals surface area contributed by atoms with Gasteiger partial charge in [0, 0.05) is 48.0 Å². The Morgan fingerprint density at radius 3 is 2.89 bits per heavy atom. The molecule has 0 spiro atoms. The summed E-state index contributed by atoms with van der Waals surface area (Å²) in [6.45, 7) is 2.46. The van der Waals surface area contributed by atoms with Gasteiger partial charge in [-0.15, -0.1) is 0 Å². The monoisotopic (exact) mass is 372 g/mol. The van der Waals surface area contributed by atoms with Gasteiger partial charge in [0.25, 0.3) is 0 Å². The number of para-hydroxylation sites is 1. The van der Waals surface area contributed by atoms with Crippen molar-refractivity contribution in [1.29, 1.82) is 5.41 Å². The van der Waals surface area contributed by atoms with Crippen molar-refractivity contribution >= 4 is 22.6 Å². The van der Waals surface area contributed by atoms with Crippen molar-refractivity contribution in [2.45, 2.75) is 13.5 Å². The molecular weight excluding hydrogens is 352 g/mol. The third-order valence-corrected chi connectivity index (χ3v) is 4.67. The first-order valence-electron chi connectivity index (χ1n) is 8.81. The summed E-state index contributed by atoms with van der Waals surface area (Å²) in [6, 6.07) is 9.62. The number of nitrogens with two attached hydrogens (primary N) is 1. The summed E-state index contributed by atoms with van der Waals surface area (Å²) in [5.74, 6) is 0.722. The number of pyridine rings is 2. The number of rotatable bonds is 5. The lowest BCUT2D eigenvalue weighted by atomic mass is 10.0. The van der Waals surface area contributed by atoms with Crippen molar-refractivity contribution in [3.05, 3.63) is 71.4 Å². The number of nitrogens with zero attached hydrogens (tertiary/aromatic N) is 3. The van der Waals surface area contributed by atoms with E-state index in [1.807, 2.05) is 37.3 Å². The molecule has 3 heterocycles. The highest BCUT2D eigenvalue weighted by molar-refractivity contribution is 6.13. The average Bonchev–Trinajstić information content (AvgIpc) is 3.14. The fourth-order valence-electron chi connectivity index (χ4n) is 3.20. The Bertz CT molecular complexity index is 1180. The van der Waals surface area contributed by atoms with E-state index in [2.05, 4.69) is 19.9 Å². The fourth-order valence-corrected chi connectivity index (χ4v) is 3.20. The molecule has 0 fully saturated rings. The molecule has 0 saturated carbocycles. The van der Waals surface area contributed by atoms with E-state index < -0.39 is 0 Å². The number of nitrogens with one attached hydrogen (secondary N) is 2. The molecule has 0 atom stereocenters. The number of benzene rings is 1. The molecule has 0 unspecified atom stereocenters.